The van der Waals surface area contributed by atoms with E-state index in [1.165, 1.54) is 40.7 Å². The van der Waals surface area contributed by atoms with Crippen LogP contribution in [0, 0.1) is 5.82 Å². The number of nitrogens with zero attached hydrogens (tertiary/aromatic N) is 2. The van der Waals surface area contributed by atoms with Crippen molar-refractivity contribution in [3.05, 3.63) is 95.8 Å². The summed E-state index contributed by atoms with van der Waals surface area (Å²) in [5, 5.41) is 0. The highest BCUT2D eigenvalue weighted by Gasteiger charge is 2.29. The molecular formula is C24H23FN4O4S. The number of anilines is 1. The third-order valence-corrected chi connectivity index (χ3v) is 7.38. The highest BCUT2D eigenvalue weighted by Crippen LogP contribution is 2.22. The first-order valence-corrected chi connectivity index (χ1v) is 12.0. The van der Waals surface area contributed by atoms with E-state index in [1.54, 1.807) is 42.5 Å². The molecule has 0 aliphatic carbocycles. The summed E-state index contributed by atoms with van der Waals surface area (Å²) < 4.78 is 40.8. The lowest BCUT2D eigenvalue weighted by molar-refractivity contribution is 0.0846. The summed E-state index contributed by atoms with van der Waals surface area (Å²) in [7, 11) is -3.83. The molecule has 0 spiro atoms. The number of sulfonamides is 1. The van der Waals surface area contributed by atoms with Crippen LogP contribution in [0.3, 0.4) is 0 Å². The normalized spacial score (nSPS) is 14.4. The summed E-state index contributed by atoms with van der Waals surface area (Å²) in [6.07, 6.45) is 0. The van der Waals surface area contributed by atoms with E-state index in [2.05, 4.69) is 10.9 Å². The second-order valence-electron chi connectivity index (χ2n) is 7.67. The van der Waals surface area contributed by atoms with Crippen molar-refractivity contribution in [2.75, 3.05) is 31.1 Å². The quantitative estimate of drug-likeness (QED) is 0.545. The zero-order valence-electron chi connectivity index (χ0n) is 18.1. The maximum atomic E-state index is 13.2. The van der Waals surface area contributed by atoms with E-state index in [0.29, 0.717) is 18.7 Å². The molecule has 1 aliphatic rings. The Bertz CT molecular complexity index is 1280. The summed E-state index contributed by atoms with van der Waals surface area (Å²) in [5.41, 5.74) is 5.92. The largest absolute Gasteiger partial charge is 0.369 e. The summed E-state index contributed by atoms with van der Waals surface area (Å²) >= 11 is 0. The van der Waals surface area contributed by atoms with E-state index in [1.807, 2.05) is 4.90 Å². The number of hydrogen-bond acceptors (Lipinski definition) is 5. The van der Waals surface area contributed by atoms with Crippen molar-refractivity contribution in [3.8, 4) is 0 Å². The number of amides is 2. The van der Waals surface area contributed by atoms with E-state index in [9.17, 15) is 22.4 Å². The van der Waals surface area contributed by atoms with Gasteiger partial charge in [-0.05, 0) is 54.6 Å². The molecule has 2 N–H and O–H groups in total. The van der Waals surface area contributed by atoms with Gasteiger partial charge in [0.15, 0.2) is 0 Å². The Labute approximate surface area is 197 Å². The maximum absolute atomic E-state index is 13.2. The van der Waals surface area contributed by atoms with Gasteiger partial charge in [-0.1, -0.05) is 24.3 Å². The first-order chi connectivity index (χ1) is 16.3. The molecule has 1 aliphatic heterocycles. The first-order valence-electron chi connectivity index (χ1n) is 10.6. The predicted molar refractivity (Wildman–Crippen MR) is 125 cm³/mol. The molecular weight excluding hydrogens is 459 g/mol. The Balaban J connectivity index is 1.39. The Morgan fingerprint density at radius 2 is 1.32 bits per heavy atom. The van der Waals surface area contributed by atoms with E-state index >= 15 is 0 Å². The van der Waals surface area contributed by atoms with Crippen LogP contribution in [0.25, 0.3) is 0 Å². The Kier molecular flexibility index (Phi) is 6.90. The zero-order valence-corrected chi connectivity index (χ0v) is 19.0. The Morgan fingerprint density at radius 3 is 1.97 bits per heavy atom. The lowest BCUT2D eigenvalue weighted by atomic mass is 10.2. The maximum Gasteiger partial charge on any atom is 0.269 e. The summed E-state index contributed by atoms with van der Waals surface area (Å²) in [6, 6.07) is 20.1. The van der Waals surface area contributed by atoms with Gasteiger partial charge in [-0.3, -0.25) is 20.4 Å². The number of halogens is 1. The van der Waals surface area contributed by atoms with Crippen LogP contribution < -0.4 is 15.8 Å². The highest BCUT2D eigenvalue weighted by atomic mass is 32.2. The second kappa shape index (κ2) is 10.0. The van der Waals surface area contributed by atoms with Crippen molar-refractivity contribution in [1.82, 2.24) is 15.2 Å². The van der Waals surface area contributed by atoms with Gasteiger partial charge < -0.3 is 4.90 Å². The van der Waals surface area contributed by atoms with Crippen molar-refractivity contribution in [2.24, 2.45) is 0 Å². The third-order valence-electron chi connectivity index (χ3n) is 5.49. The van der Waals surface area contributed by atoms with Gasteiger partial charge in [0.05, 0.1) is 4.90 Å². The van der Waals surface area contributed by atoms with Crippen molar-refractivity contribution in [2.45, 2.75) is 4.90 Å². The molecule has 0 atom stereocenters. The van der Waals surface area contributed by atoms with Crippen molar-refractivity contribution >= 4 is 27.5 Å². The van der Waals surface area contributed by atoms with Gasteiger partial charge >= 0.3 is 0 Å². The number of benzene rings is 3. The van der Waals surface area contributed by atoms with Gasteiger partial charge in [-0.2, -0.15) is 4.31 Å². The molecule has 0 unspecified atom stereocenters. The van der Waals surface area contributed by atoms with Crippen LogP contribution in [0.5, 0.6) is 0 Å². The number of carbonyl (C=O) groups excluding carboxylic acids is 2. The van der Waals surface area contributed by atoms with Crippen LogP contribution in [-0.4, -0.2) is 50.7 Å². The van der Waals surface area contributed by atoms with E-state index in [4.69, 9.17) is 0 Å². The Morgan fingerprint density at radius 1 is 0.735 bits per heavy atom. The molecule has 1 heterocycles. The number of carbonyl (C=O) groups is 2. The first kappa shape index (κ1) is 23.4. The molecule has 2 amide bonds. The molecule has 0 saturated carbocycles. The van der Waals surface area contributed by atoms with Gasteiger partial charge in [0.1, 0.15) is 5.82 Å². The molecule has 0 bridgehead atoms. The smallest absolute Gasteiger partial charge is 0.269 e. The number of nitrogens with one attached hydrogen (secondary N) is 2. The van der Waals surface area contributed by atoms with Gasteiger partial charge in [0.2, 0.25) is 10.0 Å². The monoisotopic (exact) mass is 482 g/mol. The molecule has 1 fully saturated rings. The van der Waals surface area contributed by atoms with E-state index < -0.39 is 21.8 Å². The minimum absolute atomic E-state index is 0.00947. The van der Waals surface area contributed by atoms with Crippen LogP contribution in [0.2, 0.25) is 0 Å². The van der Waals surface area contributed by atoms with Crippen LogP contribution in [-0.2, 0) is 10.0 Å². The average molecular weight is 483 g/mol. The standard InChI is InChI=1S/C24H23FN4O4S/c25-20-9-11-21(12-10-20)28-13-15-29(16-14-28)34(32,33)22-8-4-7-19(17-22)24(31)27-26-23(30)18-5-2-1-3-6-18/h1-12,17H,13-16H2,(H,26,30)(H,27,31). The summed E-state index contributed by atoms with van der Waals surface area (Å²) in [5.74, 6) is -1.45. The van der Waals surface area contributed by atoms with Gasteiger partial charge in [0, 0.05) is 43.0 Å². The SMILES string of the molecule is O=C(NNC(=O)c1cccc(S(=O)(=O)N2CCN(c3ccc(F)cc3)CC2)c1)c1ccccc1. The average Bonchev–Trinajstić information content (AvgIpc) is 2.88. The van der Waals surface area contributed by atoms with Crippen molar-refractivity contribution in [3.63, 3.8) is 0 Å². The Hall–Kier alpha value is -3.76. The number of rotatable bonds is 5. The lowest BCUT2D eigenvalue weighted by Crippen LogP contribution is -2.48. The summed E-state index contributed by atoms with van der Waals surface area (Å²) in [4.78, 5) is 26.6. The number of hydrogen-bond donors (Lipinski definition) is 2. The fourth-order valence-electron chi connectivity index (χ4n) is 3.63. The predicted octanol–water partition coefficient (Wildman–Crippen LogP) is 2.41. The molecule has 34 heavy (non-hydrogen) atoms. The van der Waals surface area contributed by atoms with Crippen molar-refractivity contribution < 1.29 is 22.4 Å². The lowest BCUT2D eigenvalue weighted by Gasteiger charge is -2.35. The second-order valence-corrected chi connectivity index (χ2v) is 9.61. The van der Waals surface area contributed by atoms with Crippen molar-refractivity contribution in [1.29, 1.82) is 0 Å². The molecule has 3 aromatic carbocycles. The fourth-order valence-corrected chi connectivity index (χ4v) is 5.10. The molecule has 3 aromatic rings. The number of hydrazine groups is 1. The van der Waals surface area contributed by atoms with Gasteiger partial charge in [0.25, 0.3) is 11.8 Å². The van der Waals surface area contributed by atoms with E-state index in [-0.39, 0.29) is 29.4 Å². The molecule has 1 saturated heterocycles. The topological polar surface area (TPSA) is 98.8 Å². The molecule has 8 nitrogen and oxygen atoms in total. The zero-order chi connectivity index (χ0) is 24.1. The van der Waals surface area contributed by atoms with Crippen LogP contribution >= 0.6 is 0 Å². The van der Waals surface area contributed by atoms with Crippen LogP contribution in [0.1, 0.15) is 20.7 Å². The minimum Gasteiger partial charge on any atom is -0.369 e. The molecule has 0 aromatic heterocycles. The fraction of sp³-hybridized carbons (Fsp3) is 0.167. The third kappa shape index (κ3) is 5.24. The molecule has 10 heteroatoms. The van der Waals surface area contributed by atoms with Crippen LogP contribution in [0.4, 0.5) is 10.1 Å². The molecule has 4 rings (SSSR count). The summed E-state index contributed by atoms with van der Waals surface area (Å²) in [6.45, 7) is 1.42. The highest BCUT2D eigenvalue weighted by molar-refractivity contribution is 7.89. The number of piperazine rings is 1. The van der Waals surface area contributed by atoms with Gasteiger partial charge in [-0.25, -0.2) is 12.8 Å². The van der Waals surface area contributed by atoms with Gasteiger partial charge in [-0.15, -0.1) is 0 Å². The van der Waals surface area contributed by atoms with E-state index in [0.717, 1.165) is 5.69 Å². The van der Waals surface area contributed by atoms with Crippen LogP contribution in [0.15, 0.2) is 83.8 Å². The minimum atomic E-state index is -3.83. The molecule has 176 valence electrons. The molecule has 0 radical (unpaired) electrons.